The van der Waals surface area contributed by atoms with E-state index in [1.165, 1.54) is 14.7 Å². The molecule has 1 unspecified atom stereocenters. The number of sulfonamides is 2. The predicted octanol–water partition coefficient (Wildman–Crippen LogP) is 0.334. The summed E-state index contributed by atoms with van der Waals surface area (Å²) in [5.41, 5.74) is 0. The van der Waals surface area contributed by atoms with Gasteiger partial charge in [-0.3, -0.25) is 0 Å². The van der Waals surface area contributed by atoms with Gasteiger partial charge in [-0.05, 0) is 34.5 Å². The van der Waals surface area contributed by atoms with Crippen molar-refractivity contribution in [3.05, 3.63) is 15.9 Å². The standard InChI is InChI=1S/C12H17BrN2O6S4/c13-11-1-2-12(22-11)25(20,21)15-6-4-14(5-7-15)24(18,19)10-3-8-23(16,17)9-10/h1-2,10H,3-9H2. The van der Waals surface area contributed by atoms with Crippen LogP contribution in [0.4, 0.5) is 0 Å². The molecule has 0 aliphatic carbocycles. The molecule has 13 heteroatoms. The van der Waals surface area contributed by atoms with Gasteiger partial charge in [0.05, 0.1) is 20.5 Å². The molecule has 0 N–H and O–H groups in total. The third-order valence-electron chi connectivity index (χ3n) is 4.31. The Morgan fingerprint density at radius 2 is 1.64 bits per heavy atom. The molecule has 1 aromatic rings. The largest absolute Gasteiger partial charge is 0.252 e. The summed E-state index contributed by atoms with van der Waals surface area (Å²) in [6.45, 7) is 0.169. The van der Waals surface area contributed by atoms with Crippen molar-refractivity contribution in [1.82, 2.24) is 8.61 Å². The molecule has 2 saturated heterocycles. The van der Waals surface area contributed by atoms with E-state index in [1.807, 2.05) is 0 Å². The van der Waals surface area contributed by atoms with Crippen LogP contribution in [-0.2, 0) is 29.9 Å². The average Bonchev–Trinajstić information content (AvgIpc) is 3.13. The third kappa shape index (κ3) is 3.96. The Kier molecular flexibility index (Phi) is 5.39. The molecule has 1 aromatic heterocycles. The summed E-state index contributed by atoms with van der Waals surface area (Å²) in [6, 6.07) is 3.16. The van der Waals surface area contributed by atoms with Gasteiger partial charge in [0.25, 0.3) is 10.0 Å². The minimum atomic E-state index is -3.73. The SMILES string of the molecule is O=S1(=O)CCC(S(=O)(=O)N2CCN(S(=O)(=O)c3ccc(Br)s3)CC2)C1. The van der Waals surface area contributed by atoms with Gasteiger partial charge in [0, 0.05) is 26.2 Å². The molecule has 2 aliphatic heterocycles. The Morgan fingerprint density at radius 1 is 1.04 bits per heavy atom. The smallest absolute Gasteiger partial charge is 0.229 e. The highest BCUT2D eigenvalue weighted by Gasteiger charge is 2.42. The second kappa shape index (κ2) is 6.84. The highest BCUT2D eigenvalue weighted by Crippen LogP contribution is 2.30. The molecule has 0 saturated carbocycles. The quantitative estimate of drug-likeness (QED) is 0.599. The summed E-state index contributed by atoms with van der Waals surface area (Å²) in [5, 5.41) is -0.922. The summed E-state index contributed by atoms with van der Waals surface area (Å²) < 4.78 is 76.8. The van der Waals surface area contributed by atoms with E-state index < -0.39 is 35.1 Å². The van der Waals surface area contributed by atoms with Crippen LogP contribution in [0.5, 0.6) is 0 Å². The first-order valence-corrected chi connectivity index (χ1v) is 13.8. The zero-order valence-corrected chi connectivity index (χ0v) is 17.9. The lowest BCUT2D eigenvalue weighted by Crippen LogP contribution is -2.52. The van der Waals surface area contributed by atoms with E-state index in [9.17, 15) is 25.3 Å². The Morgan fingerprint density at radius 3 is 2.12 bits per heavy atom. The van der Waals surface area contributed by atoms with E-state index in [2.05, 4.69) is 15.9 Å². The van der Waals surface area contributed by atoms with Crippen LogP contribution in [0, 0.1) is 0 Å². The van der Waals surface area contributed by atoms with Crippen molar-refractivity contribution in [3.8, 4) is 0 Å². The second-order valence-corrected chi connectivity index (χ2v) is 15.0. The van der Waals surface area contributed by atoms with E-state index in [-0.39, 0.29) is 48.3 Å². The lowest BCUT2D eigenvalue weighted by Gasteiger charge is -2.34. The summed E-state index contributed by atoms with van der Waals surface area (Å²) in [5.74, 6) is -0.463. The molecule has 1 atom stereocenters. The van der Waals surface area contributed by atoms with Crippen molar-refractivity contribution in [2.45, 2.75) is 15.9 Å². The highest BCUT2D eigenvalue weighted by atomic mass is 79.9. The van der Waals surface area contributed by atoms with Crippen LogP contribution in [0.1, 0.15) is 6.42 Å². The molecule has 0 amide bonds. The fourth-order valence-corrected chi connectivity index (χ4v) is 11.0. The molecule has 2 fully saturated rings. The molecule has 25 heavy (non-hydrogen) atoms. The van der Waals surface area contributed by atoms with Crippen LogP contribution in [0.15, 0.2) is 20.1 Å². The average molecular weight is 493 g/mol. The predicted molar refractivity (Wildman–Crippen MR) is 98.3 cm³/mol. The number of sulfone groups is 1. The van der Waals surface area contributed by atoms with Crippen molar-refractivity contribution in [1.29, 1.82) is 0 Å². The van der Waals surface area contributed by atoms with Gasteiger partial charge >= 0.3 is 0 Å². The highest BCUT2D eigenvalue weighted by molar-refractivity contribution is 9.11. The third-order valence-corrected chi connectivity index (χ3v) is 12.6. The van der Waals surface area contributed by atoms with Crippen LogP contribution in [0.2, 0.25) is 0 Å². The van der Waals surface area contributed by atoms with Crippen LogP contribution < -0.4 is 0 Å². The number of hydrogen-bond donors (Lipinski definition) is 0. The first kappa shape index (κ1) is 19.7. The Balaban J connectivity index is 1.70. The number of thiophene rings is 1. The molecule has 8 nitrogen and oxygen atoms in total. The lowest BCUT2D eigenvalue weighted by atomic mass is 10.4. The molecule has 3 rings (SSSR count). The zero-order chi connectivity index (χ0) is 18.5. The summed E-state index contributed by atoms with van der Waals surface area (Å²) in [7, 11) is -10.7. The Bertz CT molecular complexity index is 961. The maximum Gasteiger partial charge on any atom is 0.252 e. The van der Waals surface area contributed by atoms with Crippen molar-refractivity contribution in [3.63, 3.8) is 0 Å². The van der Waals surface area contributed by atoms with Gasteiger partial charge in [0.15, 0.2) is 9.84 Å². The normalized spacial score (nSPS) is 26.0. The van der Waals surface area contributed by atoms with Crippen LogP contribution in [-0.4, -0.2) is 76.8 Å². The van der Waals surface area contributed by atoms with Gasteiger partial charge in [-0.25, -0.2) is 25.3 Å². The number of halogens is 1. The monoisotopic (exact) mass is 492 g/mol. The number of piperazine rings is 1. The minimum Gasteiger partial charge on any atom is -0.229 e. The fourth-order valence-electron chi connectivity index (χ4n) is 2.93. The van der Waals surface area contributed by atoms with Crippen LogP contribution in [0.3, 0.4) is 0 Å². The van der Waals surface area contributed by atoms with E-state index in [0.717, 1.165) is 11.3 Å². The van der Waals surface area contributed by atoms with E-state index in [0.29, 0.717) is 3.79 Å². The molecule has 2 aliphatic rings. The first-order chi connectivity index (χ1) is 11.5. The van der Waals surface area contributed by atoms with Gasteiger partial charge in [-0.15, -0.1) is 11.3 Å². The zero-order valence-electron chi connectivity index (χ0n) is 13.0. The molecule has 142 valence electrons. The van der Waals surface area contributed by atoms with Crippen molar-refractivity contribution < 1.29 is 25.3 Å². The second-order valence-electron chi connectivity index (χ2n) is 5.93. The van der Waals surface area contributed by atoms with Crippen LogP contribution in [0.25, 0.3) is 0 Å². The van der Waals surface area contributed by atoms with Crippen molar-refractivity contribution in [2.75, 3.05) is 37.7 Å². The van der Waals surface area contributed by atoms with Crippen molar-refractivity contribution >= 4 is 57.2 Å². The van der Waals surface area contributed by atoms with Gasteiger partial charge in [0.1, 0.15) is 4.21 Å². The van der Waals surface area contributed by atoms with E-state index >= 15 is 0 Å². The topological polar surface area (TPSA) is 109 Å². The first-order valence-electron chi connectivity index (χ1n) is 7.47. The maximum absolute atomic E-state index is 12.6. The van der Waals surface area contributed by atoms with Gasteiger partial charge in [-0.2, -0.15) is 8.61 Å². The molecular weight excluding hydrogens is 476 g/mol. The molecule has 0 aromatic carbocycles. The van der Waals surface area contributed by atoms with Gasteiger partial charge in [0.2, 0.25) is 10.0 Å². The Labute approximate surface area is 160 Å². The van der Waals surface area contributed by atoms with Crippen LogP contribution >= 0.6 is 27.3 Å². The molecule has 3 heterocycles. The van der Waals surface area contributed by atoms with E-state index in [4.69, 9.17) is 0 Å². The molecule has 0 radical (unpaired) electrons. The van der Waals surface area contributed by atoms with E-state index in [1.54, 1.807) is 6.07 Å². The van der Waals surface area contributed by atoms with Crippen molar-refractivity contribution in [2.24, 2.45) is 0 Å². The van der Waals surface area contributed by atoms with Gasteiger partial charge in [-0.1, -0.05) is 0 Å². The number of rotatable bonds is 4. The molecule has 0 spiro atoms. The Hall–Kier alpha value is -0.0500. The summed E-state index contributed by atoms with van der Waals surface area (Å²) in [4.78, 5) is 0. The summed E-state index contributed by atoms with van der Waals surface area (Å²) >= 11 is 4.33. The number of nitrogens with zero attached hydrogens (tertiary/aromatic N) is 2. The maximum atomic E-state index is 12.6. The van der Waals surface area contributed by atoms with Gasteiger partial charge < -0.3 is 0 Å². The minimum absolute atomic E-state index is 0.0324. The number of hydrogen-bond acceptors (Lipinski definition) is 7. The fraction of sp³-hybridized carbons (Fsp3) is 0.667. The lowest BCUT2D eigenvalue weighted by molar-refractivity contribution is 0.271. The molecule has 0 bridgehead atoms. The summed E-state index contributed by atoms with van der Waals surface area (Å²) in [6.07, 6.45) is 0.104. The molecular formula is C12H17BrN2O6S4.